The van der Waals surface area contributed by atoms with Gasteiger partial charge in [0.15, 0.2) is 0 Å². The van der Waals surface area contributed by atoms with Crippen LogP contribution in [0.2, 0.25) is 0 Å². The van der Waals surface area contributed by atoms with Crippen molar-refractivity contribution >= 4 is 31.4 Å². The van der Waals surface area contributed by atoms with Crippen LogP contribution >= 0.6 is 31.4 Å². The molecule has 1 aromatic rings. The third-order valence-electron chi connectivity index (χ3n) is 0.827. The van der Waals surface area contributed by atoms with Gasteiger partial charge >= 0.3 is 13.4 Å². The highest BCUT2D eigenvalue weighted by molar-refractivity contribution is 7.98. The highest BCUT2D eigenvalue weighted by atomic mass is 32.2. The summed E-state index contributed by atoms with van der Waals surface area (Å²) in [6, 6.07) is 0. The number of hydrogen-bond donors (Lipinski definition) is 1. The van der Waals surface area contributed by atoms with Gasteiger partial charge in [0.1, 0.15) is 5.03 Å². The fraction of sp³-hybridized carbons (Fsp3) is 0.250. The Labute approximate surface area is 72.6 Å². The van der Waals surface area contributed by atoms with Gasteiger partial charge < -0.3 is 0 Å². The molecule has 1 heterocycles. The van der Waals surface area contributed by atoms with Crippen LogP contribution in [0.1, 0.15) is 0 Å². The maximum absolute atomic E-state index is 10.2. The van der Waals surface area contributed by atoms with Crippen LogP contribution in [0.25, 0.3) is 0 Å². The average Bonchev–Trinajstić information content (AvgIpc) is 2.34. The van der Waals surface area contributed by atoms with E-state index in [1.165, 1.54) is 23.1 Å². The van der Waals surface area contributed by atoms with Crippen LogP contribution in [0, 0.1) is 0 Å². The summed E-state index contributed by atoms with van der Waals surface area (Å²) in [5.74, 6) is 0. The molecule has 1 aromatic heterocycles. The molecule has 0 aliphatic rings. The zero-order chi connectivity index (χ0) is 8.27. The Kier molecular flexibility index (Phi) is 3.26. The Hall–Kier alpha value is -0.160. The van der Waals surface area contributed by atoms with Gasteiger partial charge in [-0.1, -0.05) is 11.3 Å². The summed E-state index contributed by atoms with van der Waals surface area (Å²) in [4.78, 5) is 12.2. The summed E-state index contributed by atoms with van der Waals surface area (Å²) in [6.45, 7) is 0. The van der Waals surface area contributed by atoms with Crippen LogP contribution in [-0.2, 0) is 4.57 Å². The van der Waals surface area contributed by atoms with Crippen LogP contribution in [-0.4, -0.2) is 16.1 Å². The lowest BCUT2D eigenvalue weighted by Crippen LogP contribution is -1.77. The van der Waals surface area contributed by atoms with Crippen molar-refractivity contribution in [1.82, 2.24) is 4.98 Å². The molecule has 7 heteroatoms. The van der Waals surface area contributed by atoms with Gasteiger partial charge in [0.25, 0.3) is 0 Å². The van der Waals surface area contributed by atoms with E-state index in [9.17, 15) is 4.57 Å². The molecule has 1 unspecified atom stereocenters. The second kappa shape index (κ2) is 4.01. The largest absolute Gasteiger partial charge is 0.749 e. The SMILES string of the molecule is CSc1csc(O[P+](=O)O)n1. The molecule has 0 aromatic carbocycles. The topological polar surface area (TPSA) is 59.4 Å². The van der Waals surface area contributed by atoms with E-state index in [4.69, 9.17) is 4.89 Å². The van der Waals surface area contributed by atoms with Gasteiger partial charge in [0.2, 0.25) is 0 Å². The quantitative estimate of drug-likeness (QED) is 0.609. The monoisotopic (exact) mass is 210 g/mol. The van der Waals surface area contributed by atoms with Crippen molar-refractivity contribution in [3.63, 3.8) is 0 Å². The van der Waals surface area contributed by atoms with E-state index in [0.29, 0.717) is 0 Å². The van der Waals surface area contributed by atoms with Gasteiger partial charge in [0, 0.05) is 9.95 Å². The molecular weight excluding hydrogens is 205 g/mol. The van der Waals surface area contributed by atoms with Gasteiger partial charge in [-0.3, -0.25) is 0 Å². The molecule has 0 bridgehead atoms. The molecule has 1 rings (SSSR count). The Balaban J connectivity index is 2.65. The first-order chi connectivity index (χ1) is 5.22. The van der Waals surface area contributed by atoms with E-state index in [1.807, 2.05) is 6.26 Å². The molecule has 0 saturated carbocycles. The van der Waals surface area contributed by atoms with Crippen LogP contribution in [0.3, 0.4) is 0 Å². The molecule has 0 amide bonds. The molecular formula is C4H5NO3PS2+. The molecule has 60 valence electrons. The third-order valence-corrected chi connectivity index (χ3v) is 2.77. The summed E-state index contributed by atoms with van der Waals surface area (Å²) in [5, 5.41) is 2.79. The minimum atomic E-state index is -2.58. The molecule has 0 fully saturated rings. The zero-order valence-electron chi connectivity index (χ0n) is 5.55. The first-order valence-electron chi connectivity index (χ1n) is 2.56. The minimum Gasteiger partial charge on any atom is -0.197 e. The molecule has 0 aliphatic carbocycles. The van der Waals surface area contributed by atoms with Crippen molar-refractivity contribution in [3.05, 3.63) is 5.38 Å². The summed E-state index contributed by atoms with van der Waals surface area (Å²) >= 11 is 2.66. The summed E-state index contributed by atoms with van der Waals surface area (Å²) < 4.78 is 14.6. The van der Waals surface area contributed by atoms with Crippen LogP contribution in [0.4, 0.5) is 0 Å². The second-order valence-corrected chi connectivity index (χ2v) is 3.79. The van der Waals surface area contributed by atoms with E-state index in [-0.39, 0.29) is 5.19 Å². The maximum atomic E-state index is 10.2. The van der Waals surface area contributed by atoms with E-state index in [2.05, 4.69) is 9.51 Å². The minimum absolute atomic E-state index is 0.234. The van der Waals surface area contributed by atoms with Crippen molar-refractivity contribution in [2.75, 3.05) is 6.26 Å². The predicted molar refractivity (Wildman–Crippen MR) is 44.3 cm³/mol. The van der Waals surface area contributed by atoms with Crippen molar-refractivity contribution < 1.29 is 14.0 Å². The van der Waals surface area contributed by atoms with Crippen LogP contribution < -0.4 is 4.52 Å². The molecule has 0 aliphatic heterocycles. The van der Waals surface area contributed by atoms with Crippen molar-refractivity contribution in [2.45, 2.75) is 5.03 Å². The van der Waals surface area contributed by atoms with Crippen molar-refractivity contribution in [1.29, 1.82) is 0 Å². The van der Waals surface area contributed by atoms with Crippen molar-refractivity contribution in [2.24, 2.45) is 0 Å². The zero-order valence-corrected chi connectivity index (χ0v) is 8.08. The number of thiazole rings is 1. The summed E-state index contributed by atoms with van der Waals surface area (Å²) in [7, 11) is -2.58. The normalized spacial score (nSPS) is 11.3. The maximum Gasteiger partial charge on any atom is 0.749 e. The fourth-order valence-electron chi connectivity index (χ4n) is 0.446. The Morgan fingerprint density at radius 2 is 2.64 bits per heavy atom. The Bertz CT molecular complexity index is 264. The van der Waals surface area contributed by atoms with Crippen LogP contribution in [0.5, 0.6) is 5.19 Å². The number of rotatable bonds is 3. The molecule has 0 spiro atoms. The van der Waals surface area contributed by atoms with Gasteiger partial charge in [0.05, 0.1) is 0 Å². The number of nitrogens with zero attached hydrogens (tertiary/aromatic N) is 1. The standard InChI is InChI=1S/C4H4NO3PS2/c1-10-3-2-11-4(5-3)8-9(6)7/h2H,1H3/p+1. The first-order valence-corrected chi connectivity index (χ1v) is 5.79. The third kappa shape index (κ3) is 2.75. The number of hydrogen-bond acceptors (Lipinski definition) is 5. The van der Waals surface area contributed by atoms with E-state index in [0.717, 1.165) is 5.03 Å². The molecule has 4 nitrogen and oxygen atoms in total. The Morgan fingerprint density at radius 3 is 3.09 bits per heavy atom. The molecule has 1 atom stereocenters. The number of thioether (sulfide) groups is 1. The molecule has 11 heavy (non-hydrogen) atoms. The van der Waals surface area contributed by atoms with Crippen LogP contribution in [0.15, 0.2) is 10.4 Å². The van der Waals surface area contributed by atoms with E-state index < -0.39 is 8.25 Å². The van der Waals surface area contributed by atoms with Gasteiger partial charge in [-0.25, -0.2) is 0 Å². The summed E-state index contributed by atoms with van der Waals surface area (Å²) in [5.41, 5.74) is 0. The Morgan fingerprint density at radius 1 is 1.91 bits per heavy atom. The molecule has 0 saturated heterocycles. The summed E-state index contributed by atoms with van der Waals surface area (Å²) in [6.07, 6.45) is 1.87. The number of aromatic nitrogens is 1. The van der Waals surface area contributed by atoms with E-state index >= 15 is 0 Å². The highest BCUT2D eigenvalue weighted by Gasteiger charge is 2.17. The van der Waals surface area contributed by atoms with Crippen molar-refractivity contribution in [3.8, 4) is 5.19 Å². The first kappa shape index (κ1) is 8.93. The molecule has 1 N–H and O–H groups in total. The van der Waals surface area contributed by atoms with E-state index in [1.54, 1.807) is 5.38 Å². The lowest BCUT2D eigenvalue weighted by Gasteiger charge is -1.80. The molecule has 0 radical (unpaired) electrons. The average molecular weight is 210 g/mol. The smallest absolute Gasteiger partial charge is 0.197 e. The fourth-order valence-corrected chi connectivity index (χ4v) is 2.15. The van der Waals surface area contributed by atoms with Gasteiger partial charge in [-0.2, -0.15) is 9.51 Å². The lowest BCUT2D eigenvalue weighted by molar-refractivity contribution is 0.408. The second-order valence-electron chi connectivity index (χ2n) is 1.48. The lowest BCUT2D eigenvalue weighted by atomic mass is 11.0. The van der Waals surface area contributed by atoms with Gasteiger partial charge in [-0.15, -0.1) is 16.7 Å². The predicted octanol–water partition coefficient (Wildman–Crippen LogP) is 1.89. The highest BCUT2D eigenvalue weighted by Crippen LogP contribution is 2.29. The van der Waals surface area contributed by atoms with Gasteiger partial charge in [-0.05, 0) is 6.26 Å².